The van der Waals surface area contributed by atoms with Crippen LogP contribution in [0.4, 0.5) is 0 Å². The fourth-order valence-electron chi connectivity index (χ4n) is 4.65. The smallest absolute Gasteiger partial charge is 0.399 e. The van der Waals surface area contributed by atoms with Gasteiger partial charge in [-0.15, -0.1) is 0 Å². The summed E-state index contributed by atoms with van der Waals surface area (Å²) >= 11 is 0. The van der Waals surface area contributed by atoms with Crippen molar-refractivity contribution in [3.8, 4) is 11.3 Å². The summed E-state index contributed by atoms with van der Waals surface area (Å²) in [5.74, 6) is 1.06. The Morgan fingerprint density at radius 3 is 2.24 bits per heavy atom. The highest BCUT2D eigenvalue weighted by molar-refractivity contribution is 6.62. The molecule has 0 spiro atoms. The van der Waals surface area contributed by atoms with Gasteiger partial charge in [-0.2, -0.15) is 0 Å². The molecule has 2 aromatic rings. The largest absolute Gasteiger partial charge is 0.494 e. The predicted molar refractivity (Wildman–Crippen MR) is 118 cm³/mol. The molecule has 1 unspecified atom stereocenters. The number of benzene rings is 1. The molecular formula is C23H34BN3O2. The Morgan fingerprint density at radius 1 is 1.03 bits per heavy atom. The number of aromatic amines is 1. The molecule has 1 N–H and O–H groups in total. The SMILES string of the molecule is CN1CCCC(C)(C)C1c1ncc(-c2ccc(B3OC(C)(C)C(C)(C)O3)cc2)[nH]1. The van der Waals surface area contributed by atoms with Crippen molar-refractivity contribution in [1.29, 1.82) is 0 Å². The number of likely N-dealkylation sites (tertiary alicyclic amines) is 1. The number of hydrogen-bond acceptors (Lipinski definition) is 4. The van der Waals surface area contributed by atoms with Crippen molar-refractivity contribution in [3.63, 3.8) is 0 Å². The Hall–Kier alpha value is -1.63. The quantitative estimate of drug-likeness (QED) is 0.793. The molecule has 3 heterocycles. The molecule has 0 aliphatic carbocycles. The third-order valence-electron chi connectivity index (χ3n) is 7.11. The maximum absolute atomic E-state index is 6.17. The molecule has 0 radical (unpaired) electrons. The van der Waals surface area contributed by atoms with Crippen molar-refractivity contribution in [1.82, 2.24) is 14.9 Å². The fourth-order valence-corrected chi connectivity index (χ4v) is 4.65. The second-order valence-electron chi connectivity index (χ2n) is 10.4. The number of nitrogens with one attached hydrogen (secondary N) is 1. The molecule has 1 aromatic carbocycles. The molecule has 0 bridgehead atoms. The van der Waals surface area contributed by atoms with Gasteiger partial charge in [0.25, 0.3) is 0 Å². The van der Waals surface area contributed by atoms with E-state index in [9.17, 15) is 0 Å². The van der Waals surface area contributed by atoms with Gasteiger partial charge in [-0.1, -0.05) is 38.1 Å². The highest BCUT2D eigenvalue weighted by atomic mass is 16.7. The lowest BCUT2D eigenvalue weighted by molar-refractivity contribution is 0.00578. The van der Waals surface area contributed by atoms with Gasteiger partial charge in [-0.05, 0) is 70.6 Å². The highest BCUT2D eigenvalue weighted by Gasteiger charge is 2.51. The molecule has 6 heteroatoms. The molecule has 0 amide bonds. The fraction of sp³-hybridized carbons (Fsp3) is 0.609. The normalized spacial score (nSPS) is 26.0. The summed E-state index contributed by atoms with van der Waals surface area (Å²) in [4.78, 5) is 10.8. The van der Waals surface area contributed by atoms with E-state index in [2.05, 4.69) is 82.7 Å². The lowest BCUT2D eigenvalue weighted by atomic mass is 9.76. The minimum atomic E-state index is -0.330. The molecule has 0 saturated carbocycles. The summed E-state index contributed by atoms with van der Waals surface area (Å²) in [5, 5.41) is 0. The topological polar surface area (TPSA) is 50.4 Å². The van der Waals surface area contributed by atoms with E-state index in [0.29, 0.717) is 6.04 Å². The zero-order valence-corrected chi connectivity index (χ0v) is 18.9. The van der Waals surface area contributed by atoms with E-state index in [1.54, 1.807) is 0 Å². The van der Waals surface area contributed by atoms with Gasteiger partial charge in [0.05, 0.1) is 29.1 Å². The van der Waals surface area contributed by atoms with Gasteiger partial charge in [0.2, 0.25) is 0 Å². The summed E-state index contributed by atoms with van der Waals surface area (Å²) in [7, 11) is 1.87. The number of nitrogens with zero attached hydrogens (tertiary/aromatic N) is 2. The van der Waals surface area contributed by atoms with Crippen molar-refractivity contribution in [3.05, 3.63) is 36.3 Å². The third-order valence-corrected chi connectivity index (χ3v) is 7.11. The Kier molecular flexibility index (Phi) is 4.96. The lowest BCUT2D eigenvalue weighted by Gasteiger charge is -2.43. The Labute approximate surface area is 175 Å². The van der Waals surface area contributed by atoms with Gasteiger partial charge in [0.1, 0.15) is 5.82 Å². The maximum Gasteiger partial charge on any atom is 0.494 e. The molecule has 29 heavy (non-hydrogen) atoms. The first-order chi connectivity index (χ1) is 13.5. The second-order valence-corrected chi connectivity index (χ2v) is 10.4. The lowest BCUT2D eigenvalue weighted by Crippen LogP contribution is -2.41. The molecule has 4 rings (SSSR count). The Morgan fingerprint density at radius 2 is 1.66 bits per heavy atom. The Balaban J connectivity index is 1.54. The zero-order chi connectivity index (χ0) is 21.0. The third kappa shape index (κ3) is 3.67. The van der Waals surface area contributed by atoms with E-state index in [1.807, 2.05) is 6.20 Å². The van der Waals surface area contributed by atoms with Crippen LogP contribution in [0, 0.1) is 5.41 Å². The van der Waals surface area contributed by atoms with Crippen molar-refractivity contribution < 1.29 is 9.31 Å². The zero-order valence-electron chi connectivity index (χ0n) is 18.9. The average molecular weight is 395 g/mol. The van der Waals surface area contributed by atoms with E-state index in [-0.39, 0.29) is 23.7 Å². The minimum absolute atomic E-state index is 0.211. The summed E-state index contributed by atoms with van der Waals surface area (Å²) in [5.41, 5.74) is 2.78. The maximum atomic E-state index is 6.17. The van der Waals surface area contributed by atoms with Crippen molar-refractivity contribution >= 4 is 12.6 Å². The summed E-state index contributed by atoms with van der Waals surface area (Å²) in [6.07, 6.45) is 4.42. The van der Waals surface area contributed by atoms with Gasteiger partial charge in [0, 0.05) is 0 Å². The van der Waals surface area contributed by atoms with Crippen LogP contribution in [0.15, 0.2) is 30.5 Å². The van der Waals surface area contributed by atoms with E-state index in [1.165, 1.54) is 12.8 Å². The highest BCUT2D eigenvalue weighted by Crippen LogP contribution is 2.43. The van der Waals surface area contributed by atoms with Crippen LogP contribution in [0.25, 0.3) is 11.3 Å². The van der Waals surface area contributed by atoms with Crippen LogP contribution in [0.3, 0.4) is 0 Å². The van der Waals surface area contributed by atoms with Crippen LogP contribution < -0.4 is 5.46 Å². The number of aromatic nitrogens is 2. The van der Waals surface area contributed by atoms with Gasteiger partial charge < -0.3 is 14.3 Å². The van der Waals surface area contributed by atoms with E-state index in [4.69, 9.17) is 14.3 Å². The summed E-state index contributed by atoms with van der Waals surface area (Å²) < 4.78 is 12.3. The van der Waals surface area contributed by atoms with Crippen molar-refractivity contribution in [2.24, 2.45) is 5.41 Å². The average Bonchev–Trinajstić information content (AvgIpc) is 3.17. The van der Waals surface area contributed by atoms with Crippen LogP contribution in [-0.2, 0) is 9.31 Å². The first-order valence-electron chi connectivity index (χ1n) is 10.7. The molecule has 1 atom stereocenters. The standard InChI is InChI=1S/C23H34BN3O2/c1-21(2)13-8-14-27(7)19(21)20-25-15-18(26-20)16-9-11-17(12-10-16)24-28-22(3,4)23(5,6)29-24/h9-12,15,19H,8,13-14H2,1-7H3,(H,25,26). The second kappa shape index (κ2) is 6.97. The van der Waals surface area contributed by atoms with Crippen LogP contribution in [0.1, 0.15) is 66.3 Å². The number of piperidine rings is 1. The predicted octanol–water partition coefficient (Wildman–Crippen LogP) is 4.17. The molecule has 1 aromatic heterocycles. The van der Waals surface area contributed by atoms with E-state index in [0.717, 1.165) is 29.1 Å². The monoisotopic (exact) mass is 395 g/mol. The first kappa shape index (κ1) is 20.6. The molecule has 2 fully saturated rings. The summed E-state index contributed by atoms with van der Waals surface area (Å²) in [6, 6.07) is 8.73. The summed E-state index contributed by atoms with van der Waals surface area (Å²) in [6.45, 7) is 14.1. The molecule has 5 nitrogen and oxygen atoms in total. The molecule has 2 aliphatic heterocycles. The Bertz CT molecular complexity index is 857. The van der Waals surface area contributed by atoms with Crippen molar-refractivity contribution in [2.75, 3.05) is 13.6 Å². The van der Waals surface area contributed by atoms with Crippen LogP contribution in [0.2, 0.25) is 0 Å². The van der Waals surface area contributed by atoms with Gasteiger partial charge in [0.15, 0.2) is 0 Å². The van der Waals surface area contributed by atoms with Crippen LogP contribution >= 0.6 is 0 Å². The van der Waals surface area contributed by atoms with Gasteiger partial charge in [-0.3, -0.25) is 4.90 Å². The molecular weight excluding hydrogens is 361 g/mol. The number of hydrogen-bond donors (Lipinski definition) is 1. The van der Waals surface area contributed by atoms with Crippen LogP contribution in [0.5, 0.6) is 0 Å². The molecule has 156 valence electrons. The molecule has 2 aliphatic rings. The van der Waals surface area contributed by atoms with Gasteiger partial charge >= 0.3 is 7.12 Å². The van der Waals surface area contributed by atoms with E-state index >= 15 is 0 Å². The first-order valence-corrected chi connectivity index (χ1v) is 10.7. The number of imidazole rings is 1. The van der Waals surface area contributed by atoms with E-state index < -0.39 is 0 Å². The minimum Gasteiger partial charge on any atom is -0.399 e. The number of H-pyrrole nitrogens is 1. The van der Waals surface area contributed by atoms with Crippen LogP contribution in [-0.4, -0.2) is 46.8 Å². The van der Waals surface area contributed by atoms with Gasteiger partial charge in [-0.25, -0.2) is 4.98 Å². The molecule has 2 saturated heterocycles. The number of rotatable bonds is 3. The van der Waals surface area contributed by atoms with Crippen molar-refractivity contribution in [2.45, 2.75) is 71.6 Å².